The Morgan fingerprint density at radius 3 is 1.95 bits per heavy atom. The number of nitrogens with zero attached hydrogens (tertiary/aromatic N) is 2. The smallest absolute Gasteiger partial charge is 0.387 e. The van der Waals surface area contributed by atoms with E-state index in [2.05, 4.69) is 14.9 Å². The van der Waals surface area contributed by atoms with Gasteiger partial charge in [0.2, 0.25) is 0 Å². The molecule has 0 spiro atoms. The van der Waals surface area contributed by atoms with Crippen molar-refractivity contribution >= 4 is 43.1 Å². The SMILES string of the molecule is Cc1ccc(S(=O)(=O)Nc2oc(=O)n(NS(=O)(=O)c3ccc(C)cc3)c2Nc2cccc([N+](=O)[O-])c2)cc1. The van der Waals surface area contributed by atoms with Gasteiger partial charge in [-0.3, -0.25) is 10.1 Å². The number of nitro groups is 1. The Morgan fingerprint density at radius 2 is 1.39 bits per heavy atom. The van der Waals surface area contributed by atoms with Gasteiger partial charge < -0.3 is 9.73 Å². The van der Waals surface area contributed by atoms with Crippen molar-refractivity contribution in [1.29, 1.82) is 0 Å². The maximum atomic E-state index is 13.0. The van der Waals surface area contributed by atoms with Gasteiger partial charge in [-0.05, 0) is 44.2 Å². The van der Waals surface area contributed by atoms with E-state index < -0.39 is 42.4 Å². The van der Waals surface area contributed by atoms with Crippen LogP contribution in [0.25, 0.3) is 0 Å². The predicted octanol–water partition coefficient (Wildman–Crippen LogP) is 3.44. The van der Waals surface area contributed by atoms with E-state index in [1.165, 1.54) is 42.5 Å². The zero-order valence-electron chi connectivity index (χ0n) is 19.9. The first-order chi connectivity index (χ1) is 17.9. The third kappa shape index (κ3) is 5.68. The number of hydrogen-bond donors (Lipinski definition) is 3. The highest BCUT2D eigenvalue weighted by atomic mass is 32.2. The average molecular weight is 560 g/mol. The third-order valence-corrected chi connectivity index (χ3v) is 7.89. The molecule has 15 heteroatoms. The highest BCUT2D eigenvalue weighted by Gasteiger charge is 2.27. The molecule has 0 aliphatic heterocycles. The van der Waals surface area contributed by atoms with E-state index in [4.69, 9.17) is 4.42 Å². The summed E-state index contributed by atoms with van der Waals surface area (Å²) in [6, 6.07) is 16.6. The Balaban J connectivity index is 1.80. The molecule has 198 valence electrons. The third-order valence-electron chi connectivity index (χ3n) is 5.23. The van der Waals surface area contributed by atoms with Crippen LogP contribution < -0.4 is 20.6 Å². The zero-order valence-corrected chi connectivity index (χ0v) is 21.5. The molecule has 3 N–H and O–H groups in total. The Bertz CT molecular complexity index is 1780. The predicted molar refractivity (Wildman–Crippen MR) is 139 cm³/mol. The molecule has 0 saturated heterocycles. The van der Waals surface area contributed by atoms with Gasteiger partial charge in [0.05, 0.1) is 14.7 Å². The molecule has 0 atom stereocenters. The van der Waals surface area contributed by atoms with Crippen molar-refractivity contribution < 1.29 is 26.2 Å². The van der Waals surface area contributed by atoms with Gasteiger partial charge in [0.25, 0.3) is 31.6 Å². The van der Waals surface area contributed by atoms with Gasteiger partial charge in [0.1, 0.15) is 0 Å². The number of benzene rings is 3. The van der Waals surface area contributed by atoms with Crippen molar-refractivity contribution in [3.05, 3.63) is 105 Å². The summed E-state index contributed by atoms with van der Waals surface area (Å²) in [7, 11) is -8.64. The fourth-order valence-corrected chi connectivity index (χ4v) is 5.26. The molecule has 4 aromatic rings. The zero-order chi connectivity index (χ0) is 27.7. The molecule has 0 unspecified atom stereocenters. The van der Waals surface area contributed by atoms with E-state index >= 15 is 0 Å². The van der Waals surface area contributed by atoms with Crippen molar-refractivity contribution in [2.45, 2.75) is 23.6 Å². The van der Waals surface area contributed by atoms with Gasteiger partial charge in [0, 0.05) is 17.8 Å². The molecular weight excluding hydrogens is 538 g/mol. The summed E-state index contributed by atoms with van der Waals surface area (Å²) < 4.78 is 59.6. The fourth-order valence-electron chi connectivity index (χ4n) is 3.26. The summed E-state index contributed by atoms with van der Waals surface area (Å²) in [5.41, 5.74) is 1.33. The molecule has 0 aliphatic carbocycles. The van der Waals surface area contributed by atoms with Gasteiger partial charge in [-0.15, -0.1) is 0 Å². The van der Waals surface area contributed by atoms with Gasteiger partial charge in [0.15, 0.2) is 5.82 Å². The molecule has 0 aliphatic rings. The largest absolute Gasteiger partial charge is 0.442 e. The van der Waals surface area contributed by atoms with Crippen LogP contribution in [0.3, 0.4) is 0 Å². The first-order valence-corrected chi connectivity index (χ1v) is 13.8. The number of non-ortho nitro benzene ring substituents is 1. The van der Waals surface area contributed by atoms with E-state index in [0.29, 0.717) is 4.68 Å². The van der Waals surface area contributed by atoms with Gasteiger partial charge in [-0.1, -0.05) is 41.5 Å². The normalized spacial score (nSPS) is 11.6. The van der Waals surface area contributed by atoms with E-state index in [-0.39, 0.29) is 21.2 Å². The maximum Gasteiger partial charge on any atom is 0.442 e. The summed E-state index contributed by atoms with van der Waals surface area (Å²) in [6.07, 6.45) is 0. The van der Waals surface area contributed by atoms with E-state index in [1.54, 1.807) is 38.1 Å². The number of nitro benzene ring substituents is 1. The van der Waals surface area contributed by atoms with Crippen molar-refractivity contribution in [3.8, 4) is 0 Å². The molecule has 0 amide bonds. The number of anilines is 3. The van der Waals surface area contributed by atoms with Crippen LogP contribution in [0.2, 0.25) is 0 Å². The first-order valence-electron chi connectivity index (χ1n) is 10.8. The van der Waals surface area contributed by atoms with Crippen LogP contribution in [0, 0.1) is 24.0 Å². The standard InChI is InChI=1S/C23H21N5O8S2/c1-15-6-10-19(11-7-15)37(32,33)25-22-21(24-17-4-3-5-18(14-17)28(30)31)27(23(29)36-22)26-38(34,35)20-12-8-16(2)9-13-20/h3-14,24-26H,1-2H3. The Morgan fingerprint density at radius 1 is 0.842 bits per heavy atom. The number of aromatic nitrogens is 1. The van der Waals surface area contributed by atoms with Crippen LogP contribution in [-0.4, -0.2) is 26.4 Å². The second-order valence-corrected chi connectivity index (χ2v) is 11.5. The topological polar surface area (TPSA) is 183 Å². The van der Waals surface area contributed by atoms with Crippen molar-refractivity contribution in [1.82, 2.24) is 4.68 Å². The summed E-state index contributed by atoms with van der Waals surface area (Å²) in [5.74, 6) is -2.41. The Kier molecular flexibility index (Phi) is 6.97. The molecule has 1 aromatic heterocycles. The minimum atomic E-state index is -4.35. The van der Waals surface area contributed by atoms with Gasteiger partial charge >= 0.3 is 5.76 Å². The molecule has 0 fully saturated rings. The first kappa shape index (κ1) is 26.4. The van der Waals surface area contributed by atoms with E-state index in [1.807, 2.05) is 0 Å². The lowest BCUT2D eigenvalue weighted by Crippen LogP contribution is -2.31. The number of oxazole rings is 1. The lowest BCUT2D eigenvalue weighted by molar-refractivity contribution is -0.384. The molecule has 13 nitrogen and oxygen atoms in total. The lowest BCUT2D eigenvalue weighted by atomic mass is 10.2. The Hall–Kier alpha value is -4.63. The van der Waals surface area contributed by atoms with Crippen molar-refractivity contribution in [2.24, 2.45) is 0 Å². The minimum absolute atomic E-state index is 0.0408. The summed E-state index contributed by atoms with van der Waals surface area (Å²) in [6.45, 7) is 3.53. The molecule has 0 saturated carbocycles. The molecule has 4 rings (SSSR count). The lowest BCUT2D eigenvalue weighted by Gasteiger charge is -2.13. The van der Waals surface area contributed by atoms with Crippen LogP contribution in [-0.2, 0) is 20.0 Å². The van der Waals surface area contributed by atoms with Crippen LogP contribution in [0.5, 0.6) is 0 Å². The molecule has 3 aromatic carbocycles. The highest BCUT2D eigenvalue weighted by Crippen LogP contribution is 2.29. The van der Waals surface area contributed by atoms with E-state index in [0.717, 1.165) is 17.2 Å². The summed E-state index contributed by atoms with van der Waals surface area (Å²) in [4.78, 5) is 25.0. The highest BCUT2D eigenvalue weighted by molar-refractivity contribution is 7.93. The van der Waals surface area contributed by atoms with E-state index in [9.17, 15) is 31.7 Å². The maximum absolute atomic E-state index is 13.0. The molecule has 0 radical (unpaired) electrons. The monoisotopic (exact) mass is 559 g/mol. The average Bonchev–Trinajstić information content (AvgIpc) is 3.12. The number of nitrogens with one attached hydrogen (secondary N) is 3. The van der Waals surface area contributed by atoms with Gasteiger partial charge in [-0.25, -0.2) is 22.8 Å². The molecule has 1 heterocycles. The van der Waals surface area contributed by atoms with Crippen molar-refractivity contribution in [2.75, 3.05) is 14.9 Å². The minimum Gasteiger partial charge on any atom is -0.387 e. The number of rotatable bonds is 9. The molecule has 0 bridgehead atoms. The number of aryl methyl sites for hydroxylation is 2. The van der Waals surface area contributed by atoms with Crippen molar-refractivity contribution in [3.63, 3.8) is 0 Å². The van der Waals surface area contributed by atoms with Crippen LogP contribution in [0.4, 0.5) is 23.1 Å². The van der Waals surface area contributed by atoms with Crippen LogP contribution in [0.1, 0.15) is 11.1 Å². The molecular formula is C23H21N5O8S2. The molecule has 38 heavy (non-hydrogen) atoms. The fraction of sp³-hybridized carbons (Fsp3) is 0.0870. The second kappa shape index (κ2) is 10.0. The number of hydrogen-bond acceptors (Lipinski definition) is 9. The Labute approximate surface area is 217 Å². The van der Waals surface area contributed by atoms with Crippen LogP contribution >= 0.6 is 0 Å². The van der Waals surface area contributed by atoms with Crippen LogP contribution in [0.15, 0.2) is 91.8 Å². The second-order valence-electron chi connectivity index (χ2n) is 8.14. The number of sulfonamides is 2. The van der Waals surface area contributed by atoms with Gasteiger partial charge in [-0.2, -0.15) is 13.1 Å². The quantitative estimate of drug-likeness (QED) is 0.204. The summed E-state index contributed by atoms with van der Waals surface area (Å²) >= 11 is 0. The summed E-state index contributed by atoms with van der Waals surface area (Å²) in [5, 5.41) is 13.8.